The van der Waals surface area contributed by atoms with E-state index < -0.39 is 50.2 Å². The molecule has 10 heteroatoms. The lowest BCUT2D eigenvalue weighted by Gasteiger charge is -2.45. The molecule has 35 heavy (non-hydrogen) atoms. The minimum Gasteiger partial charge on any atom is -0.481 e. The highest BCUT2D eigenvalue weighted by atomic mass is 32.2. The molecule has 2 aromatic rings. The molecule has 8 nitrogen and oxygen atoms in total. The van der Waals surface area contributed by atoms with Gasteiger partial charge in [-0.3, -0.25) is 19.8 Å². The van der Waals surface area contributed by atoms with Gasteiger partial charge in [0.2, 0.25) is 0 Å². The van der Waals surface area contributed by atoms with E-state index in [1.165, 1.54) is 42.6 Å². The number of aliphatic carboxylic acids is 1. The van der Waals surface area contributed by atoms with Crippen LogP contribution in [0.4, 0.5) is 4.39 Å². The Labute approximate surface area is 202 Å². The molecule has 1 aliphatic heterocycles. The van der Waals surface area contributed by atoms with E-state index in [1.54, 1.807) is 29.7 Å². The predicted octanol–water partition coefficient (Wildman–Crippen LogP) is 3.55. The average molecular weight is 501 g/mol. The van der Waals surface area contributed by atoms with Crippen molar-refractivity contribution in [1.29, 1.82) is 0 Å². The van der Waals surface area contributed by atoms with Crippen LogP contribution in [0.1, 0.15) is 32.1 Å². The third-order valence-electron chi connectivity index (χ3n) is 7.07. The van der Waals surface area contributed by atoms with E-state index >= 15 is 0 Å². The van der Waals surface area contributed by atoms with Crippen LogP contribution in [0, 0.1) is 11.2 Å². The molecule has 2 aliphatic rings. The van der Waals surface area contributed by atoms with Gasteiger partial charge in [0.25, 0.3) is 5.91 Å². The summed E-state index contributed by atoms with van der Waals surface area (Å²) in [7, 11) is -4.33. The zero-order valence-corrected chi connectivity index (χ0v) is 19.5. The number of amides is 1. The van der Waals surface area contributed by atoms with Crippen LogP contribution in [-0.4, -0.2) is 47.6 Å². The van der Waals surface area contributed by atoms with Gasteiger partial charge in [0.1, 0.15) is 16.6 Å². The zero-order chi connectivity index (χ0) is 25.3. The summed E-state index contributed by atoms with van der Waals surface area (Å²) >= 11 is 0. The molecule has 184 valence electrons. The Balaban J connectivity index is 1.82. The number of nitrogens with zero attached hydrogens (tertiary/aromatic N) is 1. The van der Waals surface area contributed by atoms with Crippen molar-refractivity contribution in [2.24, 2.45) is 10.4 Å². The van der Waals surface area contributed by atoms with E-state index in [-0.39, 0.29) is 17.7 Å². The molecule has 2 unspecified atom stereocenters. The smallest absolute Gasteiger partial charge is 0.304 e. The SMILES string of the molecule is O=C(O)CC(C1(C2(C(=O)NO)CCCC2)C=CC=N1)S(=O)(=O)c1ccc(-c2ccc(F)cc2)cc1. The summed E-state index contributed by atoms with van der Waals surface area (Å²) in [5.41, 5.74) is -0.132. The number of benzene rings is 2. The number of hydrogen-bond acceptors (Lipinski definition) is 6. The molecule has 0 radical (unpaired) electrons. The summed E-state index contributed by atoms with van der Waals surface area (Å²) in [5.74, 6) is -2.53. The molecule has 0 saturated heterocycles. The van der Waals surface area contributed by atoms with Crippen LogP contribution in [0.3, 0.4) is 0 Å². The van der Waals surface area contributed by atoms with Gasteiger partial charge in [-0.1, -0.05) is 43.2 Å². The lowest BCUT2D eigenvalue weighted by Crippen LogP contribution is -2.60. The normalized spacial score (nSPS) is 21.7. The lowest BCUT2D eigenvalue weighted by atomic mass is 9.65. The van der Waals surface area contributed by atoms with Crippen molar-refractivity contribution < 1.29 is 32.7 Å². The largest absolute Gasteiger partial charge is 0.481 e. The fourth-order valence-electron chi connectivity index (χ4n) is 5.38. The molecule has 0 spiro atoms. The van der Waals surface area contributed by atoms with Crippen molar-refractivity contribution in [3.8, 4) is 11.1 Å². The van der Waals surface area contributed by atoms with Crippen LogP contribution < -0.4 is 5.48 Å². The molecule has 1 fully saturated rings. The number of carboxylic acids is 1. The molecule has 1 aliphatic carbocycles. The number of aliphatic imine (C=N–C) groups is 1. The first kappa shape index (κ1) is 24.7. The van der Waals surface area contributed by atoms with E-state index in [4.69, 9.17) is 0 Å². The van der Waals surface area contributed by atoms with Crippen LogP contribution >= 0.6 is 0 Å². The van der Waals surface area contributed by atoms with Gasteiger partial charge in [-0.15, -0.1) is 0 Å². The third kappa shape index (κ3) is 4.17. The second kappa shape index (κ2) is 9.35. The van der Waals surface area contributed by atoms with E-state index in [0.29, 0.717) is 24.0 Å². The van der Waals surface area contributed by atoms with Crippen molar-refractivity contribution in [1.82, 2.24) is 5.48 Å². The highest BCUT2D eigenvalue weighted by Crippen LogP contribution is 2.54. The van der Waals surface area contributed by atoms with Crippen molar-refractivity contribution in [2.45, 2.75) is 47.8 Å². The van der Waals surface area contributed by atoms with Crippen LogP contribution in [0.15, 0.2) is 70.6 Å². The maximum Gasteiger partial charge on any atom is 0.304 e. The number of hydrogen-bond donors (Lipinski definition) is 3. The molecular formula is C25H25FN2O6S. The van der Waals surface area contributed by atoms with E-state index in [9.17, 15) is 32.7 Å². The van der Waals surface area contributed by atoms with Gasteiger partial charge >= 0.3 is 5.97 Å². The van der Waals surface area contributed by atoms with Crippen LogP contribution in [0.25, 0.3) is 11.1 Å². The summed E-state index contributed by atoms with van der Waals surface area (Å²) in [6.07, 6.45) is 5.26. The highest BCUT2D eigenvalue weighted by molar-refractivity contribution is 7.92. The Morgan fingerprint density at radius 3 is 2.09 bits per heavy atom. The van der Waals surface area contributed by atoms with Gasteiger partial charge < -0.3 is 5.11 Å². The molecule has 0 bridgehead atoms. The van der Waals surface area contributed by atoms with Crippen LogP contribution in [-0.2, 0) is 19.4 Å². The number of hydroxylamine groups is 1. The molecule has 3 N–H and O–H groups in total. The van der Waals surface area contributed by atoms with Gasteiger partial charge in [-0.25, -0.2) is 18.3 Å². The van der Waals surface area contributed by atoms with Crippen molar-refractivity contribution in [3.05, 3.63) is 66.5 Å². The van der Waals surface area contributed by atoms with Gasteiger partial charge in [-0.05, 0) is 54.3 Å². The van der Waals surface area contributed by atoms with Gasteiger partial charge in [0.05, 0.1) is 16.7 Å². The standard InChI is InChI=1S/C25H25FN2O6S/c26-19-8-4-17(5-9-19)18-6-10-20(11-7-18)35(33,34)21(16-22(29)30)25(14-3-15-27-25)24(23(31)28-32)12-1-2-13-24/h3-11,14-15,21,32H,1-2,12-13,16H2,(H,28,31)(H,29,30). The summed E-state index contributed by atoms with van der Waals surface area (Å²) < 4.78 is 41.1. The minimum absolute atomic E-state index is 0.123. The highest BCUT2D eigenvalue weighted by Gasteiger charge is 2.64. The second-order valence-corrected chi connectivity index (χ2v) is 11.0. The molecule has 2 aromatic carbocycles. The monoisotopic (exact) mass is 500 g/mol. The second-order valence-electron chi connectivity index (χ2n) is 8.86. The Hall–Kier alpha value is -3.37. The minimum atomic E-state index is -4.33. The molecule has 1 heterocycles. The molecule has 4 rings (SSSR count). The number of carbonyl (C=O) groups excluding carboxylic acids is 1. The summed E-state index contributed by atoms with van der Waals surface area (Å²) in [5, 5.41) is 17.6. The van der Waals surface area contributed by atoms with E-state index in [1.807, 2.05) is 0 Å². The summed E-state index contributed by atoms with van der Waals surface area (Å²) in [6, 6.07) is 11.6. The first-order valence-corrected chi connectivity index (χ1v) is 12.7. The topological polar surface area (TPSA) is 133 Å². The Kier molecular flexibility index (Phi) is 6.61. The Morgan fingerprint density at radius 2 is 1.60 bits per heavy atom. The number of allylic oxidation sites excluding steroid dienone is 1. The zero-order valence-electron chi connectivity index (χ0n) is 18.7. The Morgan fingerprint density at radius 1 is 1.03 bits per heavy atom. The third-order valence-corrected chi connectivity index (χ3v) is 9.27. The number of nitrogens with one attached hydrogen (secondary N) is 1. The average Bonchev–Trinajstić information content (AvgIpc) is 3.54. The maximum absolute atomic E-state index is 13.9. The summed E-state index contributed by atoms with van der Waals surface area (Å²) in [4.78, 5) is 29.2. The van der Waals surface area contributed by atoms with Crippen molar-refractivity contribution in [3.63, 3.8) is 0 Å². The summed E-state index contributed by atoms with van der Waals surface area (Å²) in [6.45, 7) is 0. The van der Waals surface area contributed by atoms with E-state index in [2.05, 4.69) is 4.99 Å². The number of halogens is 1. The molecule has 1 saturated carbocycles. The molecule has 0 aromatic heterocycles. The first-order chi connectivity index (χ1) is 16.7. The number of carboxylic acid groups (broad SMARTS) is 1. The van der Waals surface area contributed by atoms with Crippen molar-refractivity contribution >= 4 is 27.9 Å². The van der Waals surface area contributed by atoms with Crippen LogP contribution in [0.2, 0.25) is 0 Å². The fraction of sp³-hybridized carbons (Fsp3) is 0.320. The Bertz CT molecular complexity index is 1270. The van der Waals surface area contributed by atoms with Gasteiger partial charge in [-0.2, -0.15) is 0 Å². The molecular weight excluding hydrogens is 475 g/mol. The number of carbonyl (C=O) groups is 2. The lowest BCUT2D eigenvalue weighted by molar-refractivity contribution is -0.144. The maximum atomic E-state index is 13.9. The molecule has 2 atom stereocenters. The van der Waals surface area contributed by atoms with Crippen molar-refractivity contribution in [2.75, 3.05) is 0 Å². The fourth-order valence-corrected chi connectivity index (χ4v) is 7.42. The first-order valence-electron chi connectivity index (χ1n) is 11.2. The predicted molar refractivity (Wildman–Crippen MR) is 126 cm³/mol. The number of sulfone groups is 1. The van der Waals surface area contributed by atoms with Crippen LogP contribution in [0.5, 0.6) is 0 Å². The number of rotatable bonds is 8. The molecule has 1 amide bonds. The van der Waals surface area contributed by atoms with Gasteiger partial charge in [0.15, 0.2) is 9.84 Å². The quantitative estimate of drug-likeness (QED) is 0.375. The van der Waals surface area contributed by atoms with E-state index in [0.717, 1.165) is 0 Å². The van der Waals surface area contributed by atoms with Gasteiger partial charge in [0, 0.05) is 6.21 Å².